The molecule has 2 aromatic carbocycles. The molecular weight excluding hydrogens is 370 g/mol. The topological polar surface area (TPSA) is 108 Å². The fraction of sp³-hybridized carbons (Fsp3) is 0.167. The molecular formula is C18H15N3O5S. The third-order valence-electron chi connectivity index (χ3n) is 3.47. The van der Waals surface area contributed by atoms with Crippen LogP contribution in [0.25, 0.3) is 11.5 Å². The van der Waals surface area contributed by atoms with Crippen LogP contribution in [-0.2, 0) is 16.1 Å². The summed E-state index contributed by atoms with van der Waals surface area (Å²) in [5.41, 5.74) is 0.519. The maximum Gasteiger partial charge on any atom is 0.307 e. The number of rotatable bonds is 8. The van der Waals surface area contributed by atoms with E-state index in [1.807, 2.05) is 30.3 Å². The summed E-state index contributed by atoms with van der Waals surface area (Å²) in [7, 11) is 0. The van der Waals surface area contributed by atoms with Crippen LogP contribution in [0.4, 0.5) is 5.69 Å². The molecule has 0 fully saturated rings. The number of benzene rings is 2. The molecule has 0 aliphatic carbocycles. The molecule has 0 aliphatic rings. The predicted octanol–water partition coefficient (Wildman–Crippen LogP) is 3.87. The number of carbonyl (C=O) groups is 1. The monoisotopic (exact) mass is 385 g/mol. The second-order valence-electron chi connectivity index (χ2n) is 5.38. The summed E-state index contributed by atoms with van der Waals surface area (Å²) in [6.07, 6.45) is 0.267. The van der Waals surface area contributed by atoms with Crippen molar-refractivity contribution in [1.82, 2.24) is 10.2 Å². The van der Waals surface area contributed by atoms with E-state index >= 15 is 0 Å². The van der Waals surface area contributed by atoms with Crippen LogP contribution in [0.5, 0.6) is 0 Å². The largest absolute Gasteiger partial charge is 0.456 e. The number of hydrogen-bond donors (Lipinski definition) is 0. The Balaban J connectivity index is 1.46. The first kappa shape index (κ1) is 18.6. The highest BCUT2D eigenvalue weighted by Gasteiger charge is 2.12. The molecule has 0 amide bonds. The van der Waals surface area contributed by atoms with Crippen LogP contribution in [0, 0.1) is 10.1 Å². The molecule has 3 aromatic rings. The number of ether oxygens (including phenoxy) is 1. The van der Waals surface area contributed by atoms with Gasteiger partial charge in [-0.25, -0.2) is 0 Å². The minimum atomic E-state index is -0.488. The fourth-order valence-electron chi connectivity index (χ4n) is 2.14. The molecule has 27 heavy (non-hydrogen) atoms. The van der Waals surface area contributed by atoms with Gasteiger partial charge in [-0.1, -0.05) is 18.2 Å². The molecule has 0 spiro atoms. The summed E-state index contributed by atoms with van der Waals surface area (Å²) in [5, 5.41) is 18.3. The molecule has 0 saturated heterocycles. The van der Waals surface area contributed by atoms with Gasteiger partial charge >= 0.3 is 5.97 Å². The molecule has 0 radical (unpaired) electrons. The molecule has 8 nitrogen and oxygen atoms in total. The number of aromatic nitrogens is 2. The number of nitro benzene ring substituents is 1. The van der Waals surface area contributed by atoms with Gasteiger partial charge in [0.25, 0.3) is 11.6 Å². The number of carbonyl (C=O) groups excluding carboxylic acids is 1. The standard InChI is InChI=1S/C18H15N3O5S/c22-17(10-11-27-15-4-2-1-3-5-15)25-12-16-19-20-18(26-16)13-6-8-14(9-7-13)21(23)24/h1-9H,10-12H2. The van der Waals surface area contributed by atoms with Crippen molar-refractivity contribution in [1.29, 1.82) is 0 Å². The Morgan fingerprint density at radius 2 is 1.85 bits per heavy atom. The van der Waals surface area contributed by atoms with E-state index in [2.05, 4.69) is 10.2 Å². The van der Waals surface area contributed by atoms with Gasteiger partial charge in [-0.2, -0.15) is 0 Å². The minimum Gasteiger partial charge on any atom is -0.456 e. The first-order chi connectivity index (χ1) is 13.1. The molecule has 0 N–H and O–H groups in total. The van der Waals surface area contributed by atoms with Gasteiger partial charge in [0, 0.05) is 28.3 Å². The predicted molar refractivity (Wildman–Crippen MR) is 98.0 cm³/mol. The Kier molecular flexibility index (Phi) is 6.16. The van der Waals surface area contributed by atoms with E-state index in [1.54, 1.807) is 11.8 Å². The Morgan fingerprint density at radius 1 is 1.11 bits per heavy atom. The van der Waals surface area contributed by atoms with E-state index < -0.39 is 4.92 Å². The maximum absolute atomic E-state index is 11.8. The number of nitro groups is 1. The molecule has 0 bridgehead atoms. The zero-order valence-corrected chi connectivity index (χ0v) is 14.9. The van der Waals surface area contributed by atoms with Crippen molar-refractivity contribution in [2.45, 2.75) is 17.9 Å². The Morgan fingerprint density at radius 3 is 2.56 bits per heavy atom. The molecule has 3 rings (SSSR count). The lowest BCUT2D eigenvalue weighted by Gasteiger charge is -2.02. The molecule has 0 unspecified atom stereocenters. The van der Waals surface area contributed by atoms with Crippen LogP contribution in [0.15, 0.2) is 63.9 Å². The van der Waals surface area contributed by atoms with Gasteiger partial charge in [0.1, 0.15) is 0 Å². The summed E-state index contributed by atoms with van der Waals surface area (Å²) in [5.74, 6) is 0.622. The maximum atomic E-state index is 11.8. The van der Waals surface area contributed by atoms with Crippen LogP contribution < -0.4 is 0 Å². The van der Waals surface area contributed by atoms with E-state index in [4.69, 9.17) is 9.15 Å². The lowest BCUT2D eigenvalue weighted by Crippen LogP contribution is -2.05. The van der Waals surface area contributed by atoms with Crippen LogP contribution in [0.2, 0.25) is 0 Å². The quantitative estimate of drug-likeness (QED) is 0.249. The van der Waals surface area contributed by atoms with E-state index in [9.17, 15) is 14.9 Å². The van der Waals surface area contributed by atoms with Gasteiger partial charge in [-0.05, 0) is 24.3 Å². The molecule has 138 valence electrons. The van der Waals surface area contributed by atoms with Crippen LogP contribution in [0.1, 0.15) is 12.3 Å². The molecule has 0 atom stereocenters. The highest BCUT2D eigenvalue weighted by molar-refractivity contribution is 7.99. The molecule has 1 heterocycles. The Bertz CT molecular complexity index is 912. The van der Waals surface area contributed by atoms with Crippen LogP contribution in [0.3, 0.4) is 0 Å². The fourth-order valence-corrected chi connectivity index (χ4v) is 2.99. The third-order valence-corrected chi connectivity index (χ3v) is 4.48. The second kappa shape index (κ2) is 8.95. The average Bonchev–Trinajstić information content (AvgIpc) is 3.16. The molecule has 9 heteroatoms. The highest BCUT2D eigenvalue weighted by Crippen LogP contribution is 2.22. The van der Waals surface area contributed by atoms with Crippen LogP contribution >= 0.6 is 11.8 Å². The smallest absolute Gasteiger partial charge is 0.307 e. The number of esters is 1. The number of nitrogens with zero attached hydrogens (tertiary/aromatic N) is 3. The normalized spacial score (nSPS) is 10.5. The highest BCUT2D eigenvalue weighted by atomic mass is 32.2. The minimum absolute atomic E-state index is 0.0270. The SMILES string of the molecule is O=C(CCSc1ccccc1)OCc1nnc(-c2ccc([N+](=O)[O-])cc2)o1. The lowest BCUT2D eigenvalue weighted by atomic mass is 10.2. The average molecular weight is 385 g/mol. The summed E-state index contributed by atoms with van der Waals surface area (Å²) in [4.78, 5) is 23.1. The zero-order valence-electron chi connectivity index (χ0n) is 14.1. The van der Waals surface area contributed by atoms with E-state index in [0.29, 0.717) is 11.3 Å². The van der Waals surface area contributed by atoms with Gasteiger partial charge in [-0.15, -0.1) is 22.0 Å². The molecule has 1 aromatic heterocycles. The van der Waals surface area contributed by atoms with Crippen LogP contribution in [-0.4, -0.2) is 26.8 Å². The van der Waals surface area contributed by atoms with Crippen molar-refractivity contribution >= 4 is 23.4 Å². The van der Waals surface area contributed by atoms with Crippen molar-refractivity contribution in [2.24, 2.45) is 0 Å². The third kappa shape index (κ3) is 5.38. The summed E-state index contributed by atoms with van der Waals surface area (Å²) in [6.45, 7) is -0.116. The lowest BCUT2D eigenvalue weighted by molar-refractivity contribution is -0.384. The summed E-state index contributed by atoms with van der Waals surface area (Å²) >= 11 is 1.57. The van der Waals surface area contributed by atoms with Crippen molar-refractivity contribution < 1.29 is 18.9 Å². The van der Waals surface area contributed by atoms with Gasteiger partial charge in [0.2, 0.25) is 5.89 Å². The second-order valence-corrected chi connectivity index (χ2v) is 6.55. The van der Waals surface area contributed by atoms with Crippen molar-refractivity contribution in [3.05, 3.63) is 70.6 Å². The molecule has 0 saturated carbocycles. The Hall–Kier alpha value is -3.20. The zero-order chi connectivity index (χ0) is 19.1. The number of non-ortho nitro benzene ring substituents is 1. The van der Waals surface area contributed by atoms with E-state index in [0.717, 1.165) is 4.90 Å². The number of hydrogen-bond acceptors (Lipinski definition) is 8. The first-order valence-electron chi connectivity index (χ1n) is 8.02. The summed E-state index contributed by atoms with van der Waals surface area (Å²) in [6, 6.07) is 15.5. The van der Waals surface area contributed by atoms with Gasteiger partial charge in [-0.3, -0.25) is 14.9 Å². The Labute approximate surface area is 158 Å². The van der Waals surface area contributed by atoms with Gasteiger partial charge in [0.15, 0.2) is 6.61 Å². The van der Waals surface area contributed by atoms with Crippen molar-refractivity contribution in [3.63, 3.8) is 0 Å². The van der Waals surface area contributed by atoms with E-state index in [-0.39, 0.29) is 36.5 Å². The van der Waals surface area contributed by atoms with Crippen molar-refractivity contribution in [2.75, 3.05) is 5.75 Å². The van der Waals surface area contributed by atoms with Gasteiger partial charge < -0.3 is 9.15 Å². The van der Waals surface area contributed by atoms with Crippen molar-refractivity contribution in [3.8, 4) is 11.5 Å². The summed E-state index contributed by atoms with van der Waals surface area (Å²) < 4.78 is 10.5. The first-order valence-corrected chi connectivity index (χ1v) is 9.01. The van der Waals surface area contributed by atoms with Gasteiger partial charge in [0.05, 0.1) is 11.3 Å². The molecule has 0 aliphatic heterocycles. The number of thioether (sulfide) groups is 1. The van der Waals surface area contributed by atoms with E-state index in [1.165, 1.54) is 24.3 Å².